The van der Waals surface area contributed by atoms with Gasteiger partial charge in [0, 0.05) is 5.56 Å². The lowest BCUT2D eigenvalue weighted by Crippen LogP contribution is -2.16. The van der Waals surface area contributed by atoms with E-state index >= 15 is 0 Å². The average Bonchev–Trinajstić information content (AvgIpc) is 2.36. The summed E-state index contributed by atoms with van der Waals surface area (Å²) < 4.78 is 0. The van der Waals surface area contributed by atoms with E-state index in [1.54, 1.807) is 6.07 Å². The second-order valence-corrected chi connectivity index (χ2v) is 4.34. The average molecular weight is 237 g/mol. The van der Waals surface area contributed by atoms with Crippen LogP contribution in [0.25, 0.3) is 0 Å². The fraction of sp³-hybridized carbons (Fsp3) is 0.385. The van der Waals surface area contributed by atoms with Crippen LogP contribution in [0.15, 0.2) is 18.2 Å². The summed E-state index contributed by atoms with van der Waals surface area (Å²) in [7, 11) is 0. The number of alkyl halides is 1. The lowest BCUT2D eigenvalue weighted by Gasteiger charge is -2.15. The molecule has 0 heterocycles. The molecule has 1 aromatic rings. The Morgan fingerprint density at radius 1 is 1.12 bits per heavy atom. The van der Waals surface area contributed by atoms with Crippen LogP contribution in [0.5, 0.6) is 0 Å². The Morgan fingerprint density at radius 2 is 1.81 bits per heavy atom. The van der Waals surface area contributed by atoms with Gasteiger partial charge in [0.1, 0.15) is 0 Å². The molecule has 0 saturated heterocycles. The van der Waals surface area contributed by atoms with E-state index in [4.69, 9.17) is 11.6 Å². The van der Waals surface area contributed by atoms with E-state index in [1.807, 2.05) is 12.1 Å². The van der Waals surface area contributed by atoms with Crippen molar-refractivity contribution in [2.75, 3.05) is 5.88 Å². The number of fused-ring (bicyclic) bond motifs is 1. The van der Waals surface area contributed by atoms with E-state index in [0.717, 1.165) is 19.3 Å². The standard InChI is InChI=1S/C13H13ClO2/c14-8-12(15)13(16)11-6-5-9-3-1-2-4-10(9)7-11/h5-7H,1-4,8H2. The number of benzene rings is 1. The maximum absolute atomic E-state index is 11.6. The van der Waals surface area contributed by atoms with E-state index < -0.39 is 11.6 Å². The number of halogens is 1. The summed E-state index contributed by atoms with van der Waals surface area (Å²) >= 11 is 5.37. The predicted molar refractivity (Wildman–Crippen MR) is 63.1 cm³/mol. The number of hydrogen-bond acceptors (Lipinski definition) is 2. The van der Waals surface area contributed by atoms with Crippen molar-refractivity contribution in [1.82, 2.24) is 0 Å². The maximum Gasteiger partial charge on any atom is 0.229 e. The van der Waals surface area contributed by atoms with Crippen LogP contribution in [0.2, 0.25) is 0 Å². The topological polar surface area (TPSA) is 34.1 Å². The van der Waals surface area contributed by atoms with Gasteiger partial charge in [0.25, 0.3) is 0 Å². The number of ketones is 2. The van der Waals surface area contributed by atoms with Gasteiger partial charge in [-0.1, -0.05) is 12.1 Å². The van der Waals surface area contributed by atoms with Crippen LogP contribution in [-0.2, 0) is 17.6 Å². The second kappa shape index (κ2) is 4.79. The molecule has 0 unspecified atom stereocenters. The first-order valence-electron chi connectivity index (χ1n) is 5.47. The summed E-state index contributed by atoms with van der Waals surface area (Å²) in [5, 5.41) is 0. The highest BCUT2D eigenvalue weighted by atomic mass is 35.5. The van der Waals surface area contributed by atoms with E-state index in [-0.39, 0.29) is 5.88 Å². The molecule has 3 heteroatoms. The van der Waals surface area contributed by atoms with Gasteiger partial charge in [0.15, 0.2) is 0 Å². The van der Waals surface area contributed by atoms with Gasteiger partial charge in [0.2, 0.25) is 11.6 Å². The van der Waals surface area contributed by atoms with Crippen LogP contribution in [-0.4, -0.2) is 17.4 Å². The Hall–Kier alpha value is -1.15. The number of hydrogen-bond donors (Lipinski definition) is 0. The Kier molecular flexibility index (Phi) is 3.39. The maximum atomic E-state index is 11.6. The SMILES string of the molecule is O=C(CCl)C(=O)c1ccc2c(c1)CCCC2. The van der Waals surface area contributed by atoms with E-state index in [9.17, 15) is 9.59 Å². The van der Waals surface area contributed by atoms with Crippen molar-refractivity contribution in [2.24, 2.45) is 0 Å². The lowest BCUT2D eigenvalue weighted by molar-refractivity contribution is -0.112. The fourth-order valence-electron chi connectivity index (χ4n) is 2.10. The van der Waals surface area contributed by atoms with Crippen molar-refractivity contribution in [3.8, 4) is 0 Å². The predicted octanol–water partition coefficient (Wildman–Crippen LogP) is 2.56. The molecule has 2 rings (SSSR count). The zero-order valence-electron chi connectivity index (χ0n) is 8.96. The zero-order chi connectivity index (χ0) is 11.5. The van der Waals surface area contributed by atoms with E-state index in [0.29, 0.717) is 5.56 Å². The normalized spacial score (nSPS) is 14.3. The highest BCUT2D eigenvalue weighted by Gasteiger charge is 2.17. The molecular formula is C13H13ClO2. The molecule has 0 saturated carbocycles. The molecule has 0 aromatic heterocycles. The molecule has 0 fully saturated rings. The molecule has 1 aliphatic rings. The Morgan fingerprint density at radius 3 is 2.50 bits per heavy atom. The van der Waals surface area contributed by atoms with E-state index in [2.05, 4.69) is 0 Å². The number of carbonyl (C=O) groups excluding carboxylic acids is 2. The molecule has 0 bridgehead atoms. The van der Waals surface area contributed by atoms with Gasteiger partial charge in [-0.25, -0.2) is 0 Å². The van der Waals surface area contributed by atoms with Gasteiger partial charge in [-0.05, 0) is 42.9 Å². The van der Waals surface area contributed by atoms with Crippen molar-refractivity contribution in [1.29, 1.82) is 0 Å². The zero-order valence-corrected chi connectivity index (χ0v) is 9.72. The van der Waals surface area contributed by atoms with Crippen molar-refractivity contribution in [3.05, 3.63) is 34.9 Å². The van der Waals surface area contributed by atoms with E-state index in [1.165, 1.54) is 17.5 Å². The first-order chi connectivity index (χ1) is 7.72. The number of carbonyl (C=O) groups is 2. The van der Waals surface area contributed by atoms with Gasteiger partial charge < -0.3 is 0 Å². The molecule has 84 valence electrons. The van der Waals surface area contributed by atoms with Gasteiger partial charge in [0.05, 0.1) is 5.88 Å². The third-order valence-corrected chi connectivity index (χ3v) is 3.23. The first kappa shape index (κ1) is 11.3. The summed E-state index contributed by atoms with van der Waals surface area (Å²) in [6, 6.07) is 5.54. The lowest BCUT2D eigenvalue weighted by atomic mass is 9.89. The summed E-state index contributed by atoms with van der Waals surface area (Å²) in [5.74, 6) is -1.24. The fourth-order valence-corrected chi connectivity index (χ4v) is 2.22. The highest BCUT2D eigenvalue weighted by molar-refractivity contribution is 6.51. The molecule has 0 spiro atoms. The van der Waals surface area contributed by atoms with Crippen molar-refractivity contribution in [3.63, 3.8) is 0 Å². The third-order valence-electron chi connectivity index (χ3n) is 2.99. The van der Waals surface area contributed by atoms with Crippen LogP contribution in [0.4, 0.5) is 0 Å². The smallest absolute Gasteiger partial charge is 0.229 e. The van der Waals surface area contributed by atoms with Gasteiger partial charge >= 0.3 is 0 Å². The Labute approximate surface area is 99.6 Å². The monoisotopic (exact) mass is 236 g/mol. The largest absolute Gasteiger partial charge is 0.289 e. The van der Waals surface area contributed by atoms with Gasteiger partial charge in [-0.3, -0.25) is 9.59 Å². The molecule has 0 amide bonds. The second-order valence-electron chi connectivity index (χ2n) is 4.08. The van der Waals surface area contributed by atoms with Gasteiger partial charge in [-0.15, -0.1) is 11.6 Å². The van der Waals surface area contributed by atoms with Crippen LogP contribution < -0.4 is 0 Å². The summed E-state index contributed by atoms with van der Waals surface area (Å²) in [6.45, 7) is 0. The number of rotatable bonds is 3. The molecular weight excluding hydrogens is 224 g/mol. The van der Waals surface area contributed by atoms with Crippen LogP contribution in [0.3, 0.4) is 0 Å². The molecule has 0 radical (unpaired) electrons. The minimum Gasteiger partial charge on any atom is -0.289 e. The van der Waals surface area contributed by atoms with Crippen molar-refractivity contribution >= 4 is 23.2 Å². The summed E-state index contributed by atoms with van der Waals surface area (Å²) in [6.07, 6.45) is 4.45. The Balaban J connectivity index is 2.30. The number of Topliss-reactive ketones (excluding diaryl/α,β-unsaturated/α-hetero) is 2. The molecule has 2 nitrogen and oxygen atoms in total. The molecule has 0 N–H and O–H groups in total. The molecule has 16 heavy (non-hydrogen) atoms. The quantitative estimate of drug-likeness (QED) is 0.459. The molecule has 0 aliphatic heterocycles. The highest BCUT2D eigenvalue weighted by Crippen LogP contribution is 2.22. The van der Waals surface area contributed by atoms with Crippen molar-refractivity contribution < 1.29 is 9.59 Å². The minimum absolute atomic E-state index is 0.240. The molecule has 0 atom stereocenters. The molecule has 1 aromatic carbocycles. The van der Waals surface area contributed by atoms with Crippen molar-refractivity contribution in [2.45, 2.75) is 25.7 Å². The first-order valence-corrected chi connectivity index (χ1v) is 6.01. The molecule has 1 aliphatic carbocycles. The van der Waals surface area contributed by atoms with Gasteiger partial charge in [-0.2, -0.15) is 0 Å². The summed E-state index contributed by atoms with van der Waals surface area (Å²) in [4.78, 5) is 22.8. The number of aryl methyl sites for hydroxylation is 2. The minimum atomic E-state index is -0.530. The third kappa shape index (κ3) is 2.17. The summed E-state index contributed by atoms with van der Waals surface area (Å²) in [5.41, 5.74) is 2.99. The van der Waals surface area contributed by atoms with Crippen LogP contribution >= 0.6 is 11.6 Å². The van der Waals surface area contributed by atoms with Crippen LogP contribution in [0, 0.1) is 0 Å². The Bertz CT molecular complexity index is 438. The van der Waals surface area contributed by atoms with Crippen LogP contribution in [0.1, 0.15) is 34.3 Å².